The summed E-state index contributed by atoms with van der Waals surface area (Å²) in [4.78, 5) is 10.1. The van der Waals surface area contributed by atoms with Crippen LogP contribution in [0.5, 0.6) is 0 Å². The molecule has 0 aliphatic carbocycles. The maximum atomic E-state index is 12.8. The summed E-state index contributed by atoms with van der Waals surface area (Å²) in [5, 5.41) is 11.3. The smallest absolute Gasteiger partial charge is 0.154 e. The summed E-state index contributed by atoms with van der Waals surface area (Å²) < 4.78 is 12.8. The molecule has 0 unspecified atom stereocenters. The Morgan fingerprint density at radius 1 is 1.58 bits per heavy atom. The van der Waals surface area contributed by atoms with E-state index >= 15 is 0 Å². The zero-order chi connectivity index (χ0) is 9.14. The number of hydrogen-bond donors (Lipinski definition) is 1. The standard InChI is InChI=1S/C8H6FNO2/c1-5(11)6-3-2-4-7(9)8(6)10-12/h2-4,11H,1H2. The van der Waals surface area contributed by atoms with Crippen molar-refractivity contribution in [1.29, 1.82) is 0 Å². The molecule has 0 aliphatic rings. The summed E-state index contributed by atoms with van der Waals surface area (Å²) in [6, 6.07) is 3.81. The van der Waals surface area contributed by atoms with E-state index in [0.29, 0.717) is 0 Å². The first-order chi connectivity index (χ1) is 5.66. The average Bonchev–Trinajstić information content (AvgIpc) is 2.03. The number of rotatable bonds is 2. The fraction of sp³-hybridized carbons (Fsp3) is 0. The van der Waals surface area contributed by atoms with Crippen LogP contribution in [-0.2, 0) is 0 Å². The largest absolute Gasteiger partial charge is 0.508 e. The molecular formula is C8H6FNO2. The van der Waals surface area contributed by atoms with Gasteiger partial charge in [-0.2, -0.15) is 0 Å². The van der Waals surface area contributed by atoms with Crippen LogP contribution in [0.2, 0.25) is 0 Å². The molecule has 1 aromatic carbocycles. The Hall–Kier alpha value is -1.71. The fourth-order valence-corrected chi connectivity index (χ4v) is 0.841. The van der Waals surface area contributed by atoms with Crippen molar-refractivity contribution >= 4 is 11.4 Å². The molecule has 0 aromatic heterocycles. The van der Waals surface area contributed by atoms with Gasteiger partial charge in [0.2, 0.25) is 0 Å². The minimum atomic E-state index is -0.766. The van der Waals surface area contributed by atoms with Crippen molar-refractivity contribution in [2.24, 2.45) is 5.18 Å². The van der Waals surface area contributed by atoms with Crippen molar-refractivity contribution in [3.8, 4) is 0 Å². The molecule has 0 fully saturated rings. The van der Waals surface area contributed by atoms with Gasteiger partial charge >= 0.3 is 0 Å². The van der Waals surface area contributed by atoms with Crippen molar-refractivity contribution in [3.05, 3.63) is 41.1 Å². The molecule has 62 valence electrons. The zero-order valence-electron chi connectivity index (χ0n) is 6.12. The first kappa shape index (κ1) is 8.39. The van der Waals surface area contributed by atoms with Crippen LogP contribution < -0.4 is 0 Å². The minimum Gasteiger partial charge on any atom is -0.508 e. The normalized spacial score (nSPS) is 9.42. The van der Waals surface area contributed by atoms with Crippen molar-refractivity contribution in [1.82, 2.24) is 0 Å². The number of halogens is 1. The Bertz CT molecular complexity index is 336. The molecule has 0 aliphatic heterocycles. The molecule has 0 saturated heterocycles. The summed E-state index contributed by atoms with van der Waals surface area (Å²) in [5.74, 6) is -1.14. The lowest BCUT2D eigenvalue weighted by atomic mass is 10.1. The molecule has 0 radical (unpaired) electrons. The summed E-state index contributed by atoms with van der Waals surface area (Å²) >= 11 is 0. The van der Waals surface area contributed by atoms with E-state index in [1.54, 1.807) is 0 Å². The van der Waals surface area contributed by atoms with E-state index in [4.69, 9.17) is 5.11 Å². The second kappa shape index (κ2) is 3.13. The second-order valence-electron chi connectivity index (χ2n) is 2.17. The van der Waals surface area contributed by atoms with Gasteiger partial charge in [0.25, 0.3) is 0 Å². The molecule has 0 atom stereocenters. The summed E-state index contributed by atoms with van der Waals surface area (Å²) in [6.07, 6.45) is 0. The lowest BCUT2D eigenvalue weighted by Crippen LogP contribution is -1.84. The first-order valence-electron chi connectivity index (χ1n) is 3.17. The number of aliphatic hydroxyl groups is 1. The van der Waals surface area contributed by atoms with Crippen LogP contribution in [0.1, 0.15) is 5.56 Å². The summed E-state index contributed by atoms with van der Waals surface area (Å²) in [7, 11) is 0. The molecule has 1 aromatic rings. The average molecular weight is 167 g/mol. The van der Waals surface area contributed by atoms with Gasteiger partial charge in [0, 0.05) is 5.56 Å². The Morgan fingerprint density at radius 3 is 2.67 bits per heavy atom. The van der Waals surface area contributed by atoms with Crippen LogP contribution in [-0.4, -0.2) is 5.11 Å². The molecular weight excluding hydrogens is 161 g/mol. The van der Waals surface area contributed by atoms with Crippen molar-refractivity contribution in [2.75, 3.05) is 0 Å². The van der Waals surface area contributed by atoms with Crippen molar-refractivity contribution in [3.63, 3.8) is 0 Å². The molecule has 12 heavy (non-hydrogen) atoms. The van der Waals surface area contributed by atoms with Gasteiger partial charge < -0.3 is 5.11 Å². The van der Waals surface area contributed by atoms with Gasteiger partial charge in [0.05, 0.1) is 0 Å². The topological polar surface area (TPSA) is 49.7 Å². The van der Waals surface area contributed by atoms with Crippen LogP contribution in [0.4, 0.5) is 10.1 Å². The second-order valence-corrected chi connectivity index (χ2v) is 2.17. The molecule has 0 saturated carbocycles. The van der Waals surface area contributed by atoms with E-state index in [9.17, 15) is 9.30 Å². The molecule has 1 N–H and O–H groups in total. The number of hydrogen-bond acceptors (Lipinski definition) is 3. The van der Waals surface area contributed by atoms with Gasteiger partial charge in [-0.15, -0.1) is 4.91 Å². The summed E-state index contributed by atoms with van der Waals surface area (Å²) in [6.45, 7) is 3.17. The number of nitroso groups, excluding NO2 is 1. The van der Waals surface area contributed by atoms with Gasteiger partial charge in [-0.1, -0.05) is 12.6 Å². The van der Waals surface area contributed by atoms with Crippen molar-refractivity contribution < 1.29 is 9.50 Å². The maximum Gasteiger partial charge on any atom is 0.154 e. The number of nitrogens with zero attached hydrogens (tertiary/aromatic N) is 1. The van der Waals surface area contributed by atoms with E-state index in [-0.39, 0.29) is 11.3 Å². The Balaban J connectivity index is 3.37. The van der Waals surface area contributed by atoms with Gasteiger partial charge in [-0.25, -0.2) is 4.39 Å². The van der Waals surface area contributed by atoms with E-state index in [1.807, 2.05) is 0 Å². The molecule has 3 nitrogen and oxygen atoms in total. The van der Waals surface area contributed by atoms with Gasteiger partial charge in [-0.05, 0) is 17.3 Å². The van der Waals surface area contributed by atoms with E-state index in [2.05, 4.69) is 11.8 Å². The lowest BCUT2D eigenvalue weighted by Gasteiger charge is -2.00. The summed E-state index contributed by atoms with van der Waals surface area (Å²) in [5.41, 5.74) is -0.394. The van der Waals surface area contributed by atoms with Crippen LogP contribution in [0.3, 0.4) is 0 Å². The van der Waals surface area contributed by atoms with E-state index in [0.717, 1.165) is 6.07 Å². The highest BCUT2D eigenvalue weighted by molar-refractivity contribution is 5.68. The van der Waals surface area contributed by atoms with Gasteiger partial charge in [-0.3, -0.25) is 0 Å². The van der Waals surface area contributed by atoms with Gasteiger partial charge in [0.15, 0.2) is 11.5 Å². The molecule has 0 bridgehead atoms. The fourth-order valence-electron chi connectivity index (χ4n) is 0.841. The van der Waals surface area contributed by atoms with Crippen LogP contribution >= 0.6 is 0 Å². The predicted octanol–water partition coefficient (Wildman–Crippen LogP) is 2.75. The number of benzene rings is 1. The third kappa shape index (κ3) is 1.32. The zero-order valence-corrected chi connectivity index (χ0v) is 6.12. The van der Waals surface area contributed by atoms with Crippen LogP contribution in [0.15, 0.2) is 30.0 Å². The monoisotopic (exact) mass is 167 g/mol. The first-order valence-corrected chi connectivity index (χ1v) is 3.17. The SMILES string of the molecule is C=C(O)c1cccc(F)c1N=O. The predicted molar refractivity (Wildman–Crippen MR) is 43.5 cm³/mol. The highest BCUT2D eigenvalue weighted by atomic mass is 19.1. The molecule has 0 spiro atoms. The molecule has 0 amide bonds. The Morgan fingerprint density at radius 2 is 2.25 bits per heavy atom. The Labute approximate surface area is 68.1 Å². The highest BCUT2D eigenvalue weighted by Crippen LogP contribution is 2.26. The quantitative estimate of drug-likeness (QED) is 0.543. The third-order valence-corrected chi connectivity index (χ3v) is 1.39. The van der Waals surface area contributed by atoms with Crippen molar-refractivity contribution in [2.45, 2.75) is 0 Å². The highest BCUT2D eigenvalue weighted by Gasteiger charge is 2.09. The van der Waals surface area contributed by atoms with E-state index in [1.165, 1.54) is 12.1 Å². The number of aliphatic hydroxyl groups excluding tert-OH is 1. The lowest BCUT2D eigenvalue weighted by molar-refractivity contribution is 0.513. The van der Waals surface area contributed by atoms with Crippen LogP contribution in [0.25, 0.3) is 5.76 Å². The molecule has 1 rings (SSSR count). The molecule has 0 heterocycles. The van der Waals surface area contributed by atoms with E-state index < -0.39 is 11.5 Å². The van der Waals surface area contributed by atoms with Gasteiger partial charge in [0.1, 0.15) is 5.76 Å². The minimum absolute atomic E-state index is 0.0185. The van der Waals surface area contributed by atoms with Crippen LogP contribution in [0, 0.1) is 10.7 Å². The molecule has 4 heteroatoms. The Kier molecular flexibility index (Phi) is 2.19. The third-order valence-electron chi connectivity index (χ3n) is 1.39. The maximum absolute atomic E-state index is 12.8.